The van der Waals surface area contributed by atoms with Gasteiger partial charge in [-0.05, 0) is 37.5 Å². The van der Waals surface area contributed by atoms with Crippen LogP contribution in [0.1, 0.15) is 25.7 Å². The molecule has 6 rings (SSSR count). The first-order chi connectivity index (χ1) is 21.6. The monoisotopic (exact) mass is 630 g/mol. The Morgan fingerprint density at radius 3 is 2.49 bits per heavy atom. The van der Waals surface area contributed by atoms with Crippen LogP contribution in [0.25, 0.3) is 22.2 Å². The van der Waals surface area contributed by atoms with Gasteiger partial charge in [0, 0.05) is 35.4 Å². The number of nitrogens with zero attached hydrogens (tertiary/aromatic N) is 2. The van der Waals surface area contributed by atoms with Crippen molar-refractivity contribution in [2.24, 2.45) is 5.92 Å². The molecule has 2 saturated carbocycles. The summed E-state index contributed by atoms with van der Waals surface area (Å²) in [5.74, 6) is -1.16. The molecule has 2 heterocycles. The van der Waals surface area contributed by atoms with E-state index in [2.05, 4.69) is 23.2 Å². The second-order valence-corrected chi connectivity index (χ2v) is 13.6. The highest BCUT2D eigenvalue weighted by Crippen LogP contribution is 2.45. The SMILES string of the molecule is C=CC(=O)N1C[C@H](Oc2cc(-c3ccccc3)nc3cc(OC)ccc23)CC1C(=O)N[C@]1(C(=O)NS(=O)(=O)C2CC2)C[C@H]1C=C. The topological polar surface area (TPSA) is 144 Å². The molecule has 1 unspecified atom stereocenters. The Labute approximate surface area is 261 Å². The van der Waals surface area contributed by atoms with Crippen LogP contribution in [0.5, 0.6) is 11.5 Å². The van der Waals surface area contributed by atoms with Gasteiger partial charge in [0.25, 0.3) is 5.91 Å². The number of sulfonamides is 1. The molecule has 1 saturated heterocycles. The van der Waals surface area contributed by atoms with E-state index in [1.807, 2.05) is 48.5 Å². The molecule has 11 nitrogen and oxygen atoms in total. The minimum atomic E-state index is -3.83. The number of carbonyl (C=O) groups is 3. The van der Waals surface area contributed by atoms with Crippen LogP contribution in [-0.2, 0) is 24.4 Å². The van der Waals surface area contributed by atoms with Gasteiger partial charge in [-0.2, -0.15) is 0 Å². The predicted octanol–water partition coefficient (Wildman–Crippen LogP) is 3.11. The van der Waals surface area contributed by atoms with Crippen molar-refractivity contribution in [3.8, 4) is 22.8 Å². The molecule has 1 aliphatic heterocycles. The molecule has 3 aromatic rings. The van der Waals surface area contributed by atoms with Gasteiger partial charge in [0.2, 0.25) is 21.8 Å². The number of benzene rings is 2. The van der Waals surface area contributed by atoms with E-state index < -0.39 is 56.6 Å². The van der Waals surface area contributed by atoms with Gasteiger partial charge in [-0.15, -0.1) is 6.58 Å². The maximum absolute atomic E-state index is 13.7. The summed E-state index contributed by atoms with van der Waals surface area (Å²) in [6, 6.07) is 15.9. The van der Waals surface area contributed by atoms with Crippen molar-refractivity contribution in [1.29, 1.82) is 0 Å². The van der Waals surface area contributed by atoms with E-state index in [0.29, 0.717) is 35.6 Å². The minimum absolute atomic E-state index is 0.0870. The van der Waals surface area contributed by atoms with Gasteiger partial charge in [-0.1, -0.05) is 43.0 Å². The molecule has 0 bridgehead atoms. The number of amides is 3. The molecule has 0 radical (unpaired) electrons. The average molecular weight is 631 g/mol. The zero-order chi connectivity index (χ0) is 31.9. The van der Waals surface area contributed by atoms with Gasteiger partial charge in [-0.25, -0.2) is 13.4 Å². The highest BCUT2D eigenvalue weighted by molar-refractivity contribution is 7.91. The molecule has 2 N–H and O–H groups in total. The van der Waals surface area contributed by atoms with Gasteiger partial charge < -0.3 is 19.7 Å². The minimum Gasteiger partial charge on any atom is -0.497 e. The number of nitrogens with one attached hydrogen (secondary N) is 2. The molecule has 3 amide bonds. The van der Waals surface area contributed by atoms with E-state index >= 15 is 0 Å². The zero-order valence-corrected chi connectivity index (χ0v) is 25.6. The molecule has 12 heteroatoms. The molecular formula is C33H34N4O7S. The van der Waals surface area contributed by atoms with E-state index in [9.17, 15) is 22.8 Å². The number of likely N-dealkylation sites (tertiary alicyclic amines) is 1. The first-order valence-corrected chi connectivity index (χ1v) is 16.3. The summed E-state index contributed by atoms with van der Waals surface area (Å²) in [6.45, 7) is 7.41. The first kappa shape index (κ1) is 30.3. The van der Waals surface area contributed by atoms with Crippen LogP contribution in [0.2, 0.25) is 0 Å². The number of hydrogen-bond acceptors (Lipinski definition) is 8. The number of ether oxygens (including phenoxy) is 2. The highest BCUT2D eigenvalue weighted by Gasteiger charge is 2.61. The summed E-state index contributed by atoms with van der Waals surface area (Å²) in [7, 11) is -2.25. The normalized spacial score (nSPS) is 24.0. The van der Waals surface area contributed by atoms with E-state index in [-0.39, 0.29) is 19.4 Å². The molecule has 4 atom stereocenters. The maximum Gasteiger partial charge on any atom is 0.259 e. The quantitative estimate of drug-likeness (QED) is 0.243. The lowest BCUT2D eigenvalue weighted by Gasteiger charge is -2.25. The fourth-order valence-corrected chi connectivity index (χ4v) is 7.21. The number of methoxy groups -OCH3 is 1. The summed E-state index contributed by atoms with van der Waals surface area (Å²) in [6.07, 6.45) is 3.36. The molecule has 2 aromatic carbocycles. The van der Waals surface area contributed by atoms with Gasteiger partial charge >= 0.3 is 0 Å². The number of carbonyl (C=O) groups excluding carboxylic acids is 3. The van der Waals surface area contributed by atoms with Crippen molar-refractivity contribution in [1.82, 2.24) is 19.9 Å². The van der Waals surface area contributed by atoms with E-state index in [1.54, 1.807) is 13.2 Å². The van der Waals surface area contributed by atoms with Crippen LogP contribution in [0, 0.1) is 5.92 Å². The highest BCUT2D eigenvalue weighted by atomic mass is 32.2. The zero-order valence-electron chi connectivity index (χ0n) is 24.8. The van der Waals surface area contributed by atoms with Crippen LogP contribution >= 0.6 is 0 Å². The van der Waals surface area contributed by atoms with Gasteiger partial charge in [0.1, 0.15) is 29.2 Å². The van der Waals surface area contributed by atoms with Gasteiger partial charge in [-0.3, -0.25) is 19.1 Å². The number of aromatic nitrogens is 1. The Bertz CT molecular complexity index is 1810. The predicted molar refractivity (Wildman–Crippen MR) is 168 cm³/mol. The second-order valence-electron chi connectivity index (χ2n) is 11.6. The third-order valence-electron chi connectivity index (χ3n) is 8.61. The van der Waals surface area contributed by atoms with Crippen LogP contribution in [-0.4, -0.2) is 72.6 Å². The van der Waals surface area contributed by atoms with Crippen molar-refractivity contribution in [2.75, 3.05) is 13.7 Å². The van der Waals surface area contributed by atoms with Gasteiger partial charge in [0.05, 0.1) is 30.1 Å². The largest absolute Gasteiger partial charge is 0.497 e. The van der Waals surface area contributed by atoms with E-state index in [1.165, 1.54) is 11.0 Å². The van der Waals surface area contributed by atoms with E-state index in [4.69, 9.17) is 14.5 Å². The first-order valence-electron chi connectivity index (χ1n) is 14.7. The van der Waals surface area contributed by atoms with Crippen molar-refractivity contribution < 1.29 is 32.3 Å². The summed E-state index contributed by atoms with van der Waals surface area (Å²) in [4.78, 5) is 46.1. The van der Waals surface area contributed by atoms with Crippen molar-refractivity contribution in [2.45, 2.75) is 48.6 Å². The third kappa shape index (κ3) is 5.89. The smallest absolute Gasteiger partial charge is 0.259 e. The van der Waals surface area contributed by atoms with Crippen LogP contribution in [0.15, 0.2) is 79.9 Å². The lowest BCUT2D eigenvalue weighted by Crippen LogP contribution is -2.56. The van der Waals surface area contributed by atoms with Crippen LogP contribution < -0.4 is 19.5 Å². The third-order valence-corrected chi connectivity index (χ3v) is 10.4. The van der Waals surface area contributed by atoms with Crippen molar-refractivity contribution in [3.63, 3.8) is 0 Å². The molecule has 3 aliphatic rings. The molecule has 3 fully saturated rings. The summed E-state index contributed by atoms with van der Waals surface area (Å²) < 4.78 is 39.0. The molecule has 234 valence electrons. The molecular weight excluding hydrogens is 596 g/mol. The van der Waals surface area contributed by atoms with Crippen LogP contribution in [0.3, 0.4) is 0 Å². The molecule has 2 aliphatic carbocycles. The maximum atomic E-state index is 13.7. The number of rotatable bonds is 11. The van der Waals surface area contributed by atoms with Crippen LogP contribution in [0.4, 0.5) is 0 Å². The molecule has 0 spiro atoms. The number of hydrogen-bond donors (Lipinski definition) is 2. The Morgan fingerprint density at radius 2 is 1.84 bits per heavy atom. The number of pyridine rings is 1. The summed E-state index contributed by atoms with van der Waals surface area (Å²) >= 11 is 0. The lowest BCUT2D eigenvalue weighted by molar-refractivity contribution is -0.137. The average Bonchev–Trinajstić information content (AvgIpc) is 3.97. The van der Waals surface area contributed by atoms with Gasteiger partial charge in [0.15, 0.2) is 0 Å². The Balaban J connectivity index is 1.26. The van der Waals surface area contributed by atoms with E-state index in [0.717, 1.165) is 17.0 Å². The number of fused-ring (bicyclic) bond motifs is 1. The summed E-state index contributed by atoms with van der Waals surface area (Å²) in [5, 5.41) is 2.89. The Morgan fingerprint density at radius 1 is 1.09 bits per heavy atom. The fraction of sp³-hybridized carbons (Fsp3) is 0.333. The fourth-order valence-electron chi connectivity index (χ4n) is 5.85. The molecule has 45 heavy (non-hydrogen) atoms. The van der Waals surface area contributed by atoms with Crippen molar-refractivity contribution in [3.05, 3.63) is 79.9 Å². The Kier molecular flexibility index (Phi) is 7.86. The Hall–Kier alpha value is -4.71. The molecule has 1 aromatic heterocycles. The second kappa shape index (κ2) is 11.7. The summed E-state index contributed by atoms with van der Waals surface area (Å²) in [5.41, 5.74) is 0.743. The standard InChI is InChI=1S/C33H34N4O7S/c1-4-21-18-33(21,32(40)36-45(41,42)24-12-13-24)35-31(39)28-16-23(19-37(28)30(38)5-2)44-29-17-26(20-9-7-6-8-10-20)34-27-15-22(43-3)11-14-25(27)29/h4-11,14-15,17,21,23-24,28H,1-2,12-13,16,18-19H2,3H3,(H,35,39)(H,36,40)/t21-,23-,28?,33-/m1/s1. The lowest BCUT2D eigenvalue weighted by atomic mass is 10.1. The van der Waals surface area contributed by atoms with Crippen molar-refractivity contribution >= 4 is 38.6 Å².